The van der Waals surface area contributed by atoms with Gasteiger partial charge in [-0.2, -0.15) is 5.10 Å². The van der Waals surface area contributed by atoms with Crippen molar-refractivity contribution in [3.63, 3.8) is 0 Å². The number of aryl methyl sites for hydroxylation is 2. The fraction of sp³-hybridized carbons (Fsp3) is 0.483. The molecule has 2 heterocycles. The van der Waals surface area contributed by atoms with Crippen molar-refractivity contribution in [3.8, 4) is 11.5 Å². The summed E-state index contributed by atoms with van der Waals surface area (Å²) in [4.78, 5) is 4.95. The highest BCUT2D eigenvalue weighted by Crippen LogP contribution is 2.30. The van der Waals surface area contributed by atoms with Gasteiger partial charge in [-0.1, -0.05) is 18.2 Å². The van der Waals surface area contributed by atoms with Crippen LogP contribution in [0, 0.1) is 18.7 Å². The van der Waals surface area contributed by atoms with Crippen LogP contribution in [-0.4, -0.2) is 57.5 Å². The van der Waals surface area contributed by atoms with E-state index < -0.39 is 0 Å². The number of benzene rings is 2. The molecular weight excluding hydrogens is 455 g/mol. The lowest BCUT2D eigenvalue weighted by Crippen LogP contribution is -2.45. The number of phenolic OH excluding ortho intramolecular Hbond substituents is 1. The van der Waals surface area contributed by atoms with Gasteiger partial charge in [0.1, 0.15) is 5.82 Å². The van der Waals surface area contributed by atoms with Gasteiger partial charge in [0.05, 0.1) is 12.3 Å². The van der Waals surface area contributed by atoms with Gasteiger partial charge >= 0.3 is 0 Å². The SMILES string of the molecule is CCOc1cc(CN2CCC([C@@H](Cc3ccc(F)cc3)N(C)Cc3cn(C)nc3C)CC2)ccc1O. The molecule has 0 spiro atoms. The number of ether oxygens (including phenoxy) is 1. The van der Waals surface area contributed by atoms with Crippen molar-refractivity contribution in [2.45, 2.75) is 52.2 Å². The lowest BCUT2D eigenvalue weighted by Gasteiger charge is -2.40. The van der Waals surface area contributed by atoms with E-state index in [1.165, 1.54) is 11.1 Å². The third kappa shape index (κ3) is 6.65. The van der Waals surface area contributed by atoms with Crippen molar-refractivity contribution >= 4 is 0 Å². The summed E-state index contributed by atoms with van der Waals surface area (Å²) >= 11 is 0. The number of piperidine rings is 1. The molecule has 1 atom stereocenters. The molecule has 0 amide bonds. The zero-order chi connectivity index (χ0) is 25.7. The molecule has 1 N–H and O–H groups in total. The van der Waals surface area contributed by atoms with Crippen molar-refractivity contribution in [1.82, 2.24) is 19.6 Å². The maximum Gasteiger partial charge on any atom is 0.161 e. The van der Waals surface area contributed by atoms with Crippen molar-refractivity contribution in [1.29, 1.82) is 0 Å². The molecule has 4 rings (SSSR count). The Morgan fingerprint density at radius 2 is 1.83 bits per heavy atom. The van der Waals surface area contributed by atoms with E-state index in [4.69, 9.17) is 4.74 Å². The van der Waals surface area contributed by atoms with E-state index in [1.54, 1.807) is 18.2 Å². The van der Waals surface area contributed by atoms with E-state index >= 15 is 0 Å². The van der Waals surface area contributed by atoms with Crippen LogP contribution in [0.25, 0.3) is 0 Å². The monoisotopic (exact) mass is 494 g/mol. The highest BCUT2D eigenvalue weighted by atomic mass is 19.1. The molecule has 0 radical (unpaired) electrons. The fourth-order valence-electron chi connectivity index (χ4n) is 5.42. The van der Waals surface area contributed by atoms with Crippen LogP contribution in [0.2, 0.25) is 0 Å². The smallest absolute Gasteiger partial charge is 0.161 e. The third-order valence-electron chi connectivity index (χ3n) is 7.37. The molecule has 3 aromatic rings. The summed E-state index contributed by atoms with van der Waals surface area (Å²) in [6.45, 7) is 8.26. The molecule has 36 heavy (non-hydrogen) atoms. The summed E-state index contributed by atoms with van der Waals surface area (Å²) < 4.78 is 21.0. The highest BCUT2D eigenvalue weighted by Gasteiger charge is 2.30. The maximum atomic E-state index is 13.5. The zero-order valence-corrected chi connectivity index (χ0v) is 22.0. The molecule has 194 valence electrons. The standard InChI is InChI=1S/C29H39FN4O2/c1-5-36-29-17-23(8-11-28(29)35)18-34-14-12-24(13-15-34)27(16-22-6-9-26(30)10-7-22)32(3)19-25-20-33(4)31-21(25)2/h6-11,17,20,24,27,35H,5,12-16,18-19H2,1-4H3/t27-/m1/s1. The summed E-state index contributed by atoms with van der Waals surface area (Å²) in [6.07, 6.45) is 5.23. The van der Waals surface area contributed by atoms with E-state index in [9.17, 15) is 9.50 Å². The Balaban J connectivity index is 1.43. The van der Waals surface area contributed by atoms with Crippen LogP contribution in [-0.2, 0) is 26.6 Å². The van der Waals surface area contributed by atoms with Gasteiger partial charge in [-0.15, -0.1) is 0 Å². The van der Waals surface area contributed by atoms with Crippen molar-refractivity contribution in [2.24, 2.45) is 13.0 Å². The van der Waals surface area contributed by atoms with Gasteiger partial charge in [-0.25, -0.2) is 4.39 Å². The summed E-state index contributed by atoms with van der Waals surface area (Å²) in [5.74, 6) is 1.10. The number of rotatable bonds is 10. The summed E-state index contributed by atoms with van der Waals surface area (Å²) in [5.41, 5.74) is 4.65. The minimum Gasteiger partial charge on any atom is -0.504 e. The minimum absolute atomic E-state index is 0.190. The van der Waals surface area contributed by atoms with Gasteiger partial charge in [-0.05, 0) is 94.6 Å². The molecule has 6 nitrogen and oxygen atoms in total. The second-order valence-corrected chi connectivity index (χ2v) is 10.1. The molecule has 1 aliphatic heterocycles. The van der Waals surface area contributed by atoms with Crippen molar-refractivity contribution in [2.75, 3.05) is 26.7 Å². The van der Waals surface area contributed by atoms with E-state index in [-0.39, 0.29) is 11.6 Å². The normalized spacial score (nSPS) is 15.9. The third-order valence-corrected chi connectivity index (χ3v) is 7.37. The van der Waals surface area contributed by atoms with Crippen LogP contribution in [0.3, 0.4) is 0 Å². The first kappa shape index (κ1) is 26.2. The Morgan fingerprint density at radius 1 is 1.14 bits per heavy atom. The molecule has 2 aromatic carbocycles. The van der Waals surface area contributed by atoms with Crippen LogP contribution in [0.5, 0.6) is 11.5 Å². The van der Waals surface area contributed by atoms with Gasteiger partial charge in [0.2, 0.25) is 0 Å². The summed E-state index contributed by atoms with van der Waals surface area (Å²) in [6, 6.07) is 13.0. The summed E-state index contributed by atoms with van der Waals surface area (Å²) in [5, 5.41) is 14.5. The Kier molecular flexibility index (Phi) is 8.64. The summed E-state index contributed by atoms with van der Waals surface area (Å²) in [7, 11) is 4.17. The van der Waals surface area contributed by atoms with E-state index in [0.717, 1.165) is 56.7 Å². The molecular formula is C29H39FN4O2. The first-order valence-electron chi connectivity index (χ1n) is 12.9. The predicted molar refractivity (Wildman–Crippen MR) is 141 cm³/mol. The van der Waals surface area contributed by atoms with Gasteiger partial charge in [0, 0.05) is 37.9 Å². The van der Waals surface area contributed by atoms with E-state index in [0.29, 0.717) is 24.3 Å². The second-order valence-electron chi connectivity index (χ2n) is 10.1. The van der Waals surface area contributed by atoms with Crippen LogP contribution in [0.4, 0.5) is 4.39 Å². The Labute approximate surface area is 214 Å². The van der Waals surface area contributed by atoms with Gasteiger partial charge in [-0.3, -0.25) is 14.5 Å². The minimum atomic E-state index is -0.190. The molecule has 0 aliphatic carbocycles. The quantitative estimate of drug-likeness (QED) is 0.433. The van der Waals surface area contributed by atoms with Gasteiger partial charge in [0.15, 0.2) is 11.5 Å². The zero-order valence-electron chi connectivity index (χ0n) is 22.0. The Morgan fingerprint density at radius 3 is 2.47 bits per heavy atom. The molecule has 1 aliphatic rings. The van der Waals surface area contributed by atoms with E-state index in [1.807, 2.05) is 42.9 Å². The average Bonchev–Trinajstić information content (AvgIpc) is 3.17. The maximum absolute atomic E-state index is 13.5. The van der Waals surface area contributed by atoms with Crippen LogP contribution >= 0.6 is 0 Å². The van der Waals surface area contributed by atoms with Crippen LogP contribution in [0.15, 0.2) is 48.7 Å². The molecule has 0 saturated carbocycles. The molecule has 0 unspecified atom stereocenters. The topological polar surface area (TPSA) is 53.8 Å². The fourth-order valence-corrected chi connectivity index (χ4v) is 5.42. The van der Waals surface area contributed by atoms with Crippen LogP contribution in [0.1, 0.15) is 42.1 Å². The number of hydrogen-bond donors (Lipinski definition) is 1. The molecule has 7 heteroatoms. The molecule has 1 saturated heterocycles. The number of hydrogen-bond acceptors (Lipinski definition) is 5. The highest BCUT2D eigenvalue weighted by molar-refractivity contribution is 5.41. The Bertz CT molecular complexity index is 1120. The van der Waals surface area contributed by atoms with Crippen molar-refractivity contribution < 1.29 is 14.2 Å². The van der Waals surface area contributed by atoms with Crippen molar-refractivity contribution in [3.05, 3.63) is 76.9 Å². The number of likely N-dealkylation sites (N-methyl/N-ethyl adjacent to an activating group) is 1. The van der Waals surface area contributed by atoms with E-state index in [2.05, 4.69) is 35.1 Å². The number of likely N-dealkylation sites (tertiary alicyclic amines) is 1. The van der Waals surface area contributed by atoms with Gasteiger partial charge in [0.25, 0.3) is 0 Å². The lowest BCUT2D eigenvalue weighted by atomic mass is 9.84. The second kappa shape index (κ2) is 11.9. The number of aromatic nitrogens is 2. The number of halogens is 1. The number of aromatic hydroxyl groups is 1. The molecule has 1 aromatic heterocycles. The lowest BCUT2D eigenvalue weighted by molar-refractivity contribution is 0.0952. The number of phenols is 1. The number of nitrogens with zero attached hydrogens (tertiary/aromatic N) is 4. The largest absolute Gasteiger partial charge is 0.504 e. The average molecular weight is 495 g/mol. The predicted octanol–water partition coefficient (Wildman–Crippen LogP) is 4.93. The molecule has 0 bridgehead atoms. The van der Waals surface area contributed by atoms with Crippen LogP contribution < -0.4 is 4.74 Å². The Hall–Kier alpha value is -2.90. The first-order valence-corrected chi connectivity index (χ1v) is 12.9. The van der Waals surface area contributed by atoms with Gasteiger partial charge < -0.3 is 9.84 Å². The molecule has 1 fully saturated rings. The first-order chi connectivity index (χ1) is 17.3.